The van der Waals surface area contributed by atoms with Gasteiger partial charge in [-0.15, -0.1) is 0 Å². The number of nitrogens with one attached hydrogen (secondary N) is 1. The van der Waals surface area contributed by atoms with E-state index in [-0.39, 0.29) is 5.91 Å². The van der Waals surface area contributed by atoms with Gasteiger partial charge in [-0.1, -0.05) is 6.07 Å². The quantitative estimate of drug-likeness (QED) is 0.862. The van der Waals surface area contributed by atoms with E-state index < -0.39 is 0 Å². The van der Waals surface area contributed by atoms with Crippen molar-refractivity contribution in [3.63, 3.8) is 0 Å². The molecule has 1 aliphatic heterocycles. The van der Waals surface area contributed by atoms with Crippen molar-refractivity contribution in [3.8, 4) is 5.75 Å². The summed E-state index contributed by atoms with van der Waals surface area (Å²) in [6.45, 7) is 2.01. The molecule has 0 aromatic heterocycles. The number of benzene rings is 1. The summed E-state index contributed by atoms with van der Waals surface area (Å²) in [5.41, 5.74) is 0.901. The van der Waals surface area contributed by atoms with Crippen LogP contribution in [0.25, 0.3) is 0 Å². The van der Waals surface area contributed by atoms with Gasteiger partial charge >= 0.3 is 0 Å². The number of carbonyl (C=O) groups is 1. The van der Waals surface area contributed by atoms with Crippen molar-refractivity contribution in [2.24, 2.45) is 0 Å². The van der Waals surface area contributed by atoms with E-state index in [1.165, 1.54) is 0 Å². The van der Waals surface area contributed by atoms with Crippen molar-refractivity contribution in [2.45, 2.75) is 6.04 Å². The molecule has 0 bridgehead atoms. The lowest BCUT2D eigenvalue weighted by Gasteiger charge is -2.39. The molecule has 2 rings (SSSR count). The van der Waals surface area contributed by atoms with Gasteiger partial charge in [0, 0.05) is 30.9 Å². The van der Waals surface area contributed by atoms with Crippen LogP contribution in [0, 0.1) is 0 Å². The molecule has 104 valence electrons. The van der Waals surface area contributed by atoms with Crippen LogP contribution >= 0.6 is 0 Å². The summed E-state index contributed by atoms with van der Waals surface area (Å²) in [5.74, 6) is 0.900. The summed E-state index contributed by atoms with van der Waals surface area (Å²) in [5, 5.41) is 3.17. The van der Waals surface area contributed by atoms with E-state index in [1.807, 2.05) is 43.3 Å². The zero-order valence-corrected chi connectivity index (χ0v) is 11.7. The van der Waals surface area contributed by atoms with Gasteiger partial charge < -0.3 is 15.0 Å². The van der Waals surface area contributed by atoms with E-state index in [4.69, 9.17) is 4.74 Å². The number of carbonyl (C=O) groups excluding carboxylic acids is 1. The maximum atomic E-state index is 12.2. The second kappa shape index (κ2) is 6.04. The normalized spacial score (nSPS) is 20.7. The van der Waals surface area contributed by atoms with Crippen molar-refractivity contribution in [1.29, 1.82) is 0 Å². The SMILES string of the molecule is CNCC1CN(c2cccc(OC)c2)C(=O)CN1C. The molecule has 0 saturated carbocycles. The average Bonchev–Trinajstić information content (AvgIpc) is 2.42. The maximum Gasteiger partial charge on any atom is 0.241 e. The van der Waals surface area contributed by atoms with Crippen LogP contribution in [0.5, 0.6) is 5.75 Å². The lowest BCUT2D eigenvalue weighted by atomic mass is 10.1. The Morgan fingerprint density at radius 3 is 2.95 bits per heavy atom. The van der Waals surface area contributed by atoms with Crippen LogP contribution < -0.4 is 15.0 Å². The van der Waals surface area contributed by atoms with Crippen molar-refractivity contribution in [2.75, 3.05) is 45.7 Å². The Morgan fingerprint density at radius 2 is 2.26 bits per heavy atom. The lowest BCUT2D eigenvalue weighted by Crippen LogP contribution is -2.57. The van der Waals surface area contributed by atoms with Gasteiger partial charge in [-0.25, -0.2) is 0 Å². The van der Waals surface area contributed by atoms with E-state index >= 15 is 0 Å². The number of methoxy groups -OCH3 is 1. The number of ether oxygens (including phenoxy) is 1. The second-order valence-electron chi connectivity index (χ2n) is 4.83. The first-order valence-electron chi connectivity index (χ1n) is 6.45. The van der Waals surface area contributed by atoms with Gasteiger partial charge in [0.05, 0.1) is 13.7 Å². The highest BCUT2D eigenvalue weighted by Gasteiger charge is 2.30. The molecule has 1 atom stereocenters. The highest BCUT2D eigenvalue weighted by molar-refractivity contribution is 5.95. The summed E-state index contributed by atoms with van der Waals surface area (Å²) in [7, 11) is 5.55. The van der Waals surface area contributed by atoms with Crippen molar-refractivity contribution in [3.05, 3.63) is 24.3 Å². The first-order valence-corrected chi connectivity index (χ1v) is 6.45. The molecule has 1 aromatic carbocycles. The molecule has 1 aromatic rings. The van der Waals surface area contributed by atoms with Crippen molar-refractivity contribution >= 4 is 11.6 Å². The van der Waals surface area contributed by atoms with E-state index in [2.05, 4.69) is 10.2 Å². The standard InChI is InChI=1S/C14H21N3O2/c1-15-8-12-9-17(14(18)10-16(12)2)11-5-4-6-13(7-11)19-3/h4-7,12,15H,8-10H2,1-3H3. The fourth-order valence-electron chi connectivity index (χ4n) is 2.36. The largest absolute Gasteiger partial charge is 0.497 e. The molecule has 0 radical (unpaired) electrons. The number of rotatable bonds is 4. The maximum absolute atomic E-state index is 12.2. The smallest absolute Gasteiger partial charge is 0.241 e. The number of hydrogen-bond donors (Lipinski definition) is 1. The molecule has 1 saturated heterocycles. The van der Waals surface area contributed by atoms with Crippen LogP contribution in [0.1, 0.15) is 0 Å². The van der Waals surface area contributed by atoms with Crippen molar-refractivity contribution in [1.82, 2.24) is 10.2 Å². The molecule has 0 aliphatic carbocycles. The fourth-order valence-corrected chi connectivity index (χ4v) is 2.36. The van der Waals surface area contributed by atoms with Crippen LogP contribution in [-0.2, 0) is 4.79 Å². The predicted octanol–water partition coefficient (Wildman–Crippen LogP) is 0.562. The fraction of sp³-hybridized carbons (Fsp3) is 0.500. The van der Waals surface area contributed by atoms with Gasteiger partial charge in [-0.2, -0.15) is 0 Å². The Bertz CT molecular complexity index is 450. The molecular weight excluding hydrogens is 242 g/mol. The Hall–Kier alpha value is -1.59. The topological polar surface area (TPSA) is 44.8 Å². The Balaban J connectivity index is 2.19. The highest BCUT2D eigenvalue weighted by Crippen LogP contribution is 2.23. The minimum absolute atomic E-state index is 0.128. The van der Waals surface area contributed by atoms with Crippen LogP contribution in [0.4, 0.5) is 5.69 Å². The van der Waals surface area contributed by atoms with E-state index in [9.17, 15) is 4.79 Å². The van der Waals surface area contributed by atoms with E-state index in [0.717, 1.165) is 18.0 Å². The molecule has 5 nitrogen and oxygen atoms in total. The first kappa shape index (κ1) is 13.8. The van der Waals surface area contributed by atoms with Crippen LogP contribution in [0.3, 0.4) is 0 Å². The van der Waals surface area contributed by atoms with E-state index in [0.29, 0.717) is 19.1 Å². The molecule has 0 spiro atoms. The first-order chi connectivity index (χ1) is 9.15. The molecule has 1 aliphatic rings. The zero-order valence-electron chi connectivity index (χ0n) is 11.7. The molecule has 19 heavy (non-hydrogen) atoms. The second-order valence-corrected chi connectivity index (χ2v) is 4.83. The summed E-state index contributed by atoms with van der Waals surface area (Å²) in [6.07, 6.45) is 0. The summed E-state index contributed by atoms with van der Waals surface area (Å²) >= 11 is 0. The van der Waals surface area contributed by atoms with Gasteiger partial charge in [0.25, 0.3) is 0 Å². The molecule has 1 amide bonds. The third kappa shape index (κ3) is 3.05. The Morgan fingerprint density at radius 1 is 1.47 bits per heavy atom. The lowest BCUT2D eigenvalue weighted by molar-refractivity contribution is -0.121. The van der Waals surface area contributed by atoms with Crippen molar-refractivity contribution < 1.29 is 9.53 Å². The number of piperazine rings is 1. The van der Waals surface area contributed by atoms with Gasteiger partial charge in [-0.3, -0.25) is 9.69 Å². The van der Waals surface area contributed by atoms with Crippen LogP contribution in [-0.4, -0.2) is 57.7 Å². The van der Waals surface area contributed by atoms with Crippen LogP contribution in [0.15, 0.2) is 24.3 Å². The average molecular weight is 263 g/mol. The highest BCUT2D eigenvalue weighted by atomic mass is 16.5. The molecule has 1 N–H and O–H groups in total. The molecule has 1 heterocycles. The van der Waals surface area contributed by atoms with E-state index in [1.54, 1.807) is 7.11 Å². The van der Waals surface area contributed by atoms with Gasteiger partial charge in [-0.05, 0) is 26.2 Å². The molecule has 1 unspecified atom stereocenters. The Kier molecular flexibility index (Phi) is 4.39. The van der Waals surface area contributed by atoms with Gasteiger partial charge in [0.15, 0.2) is 0 Å². The minimum Gasteiger partial charge on any atom is -0.497 e. The number of nitrogens with zero attached hydrogens (tertiary/aromatic N) is 2. The Labute approximate surface area is 114 Å². The van der Waals surface area contributed by atoms with Crippen LogP contribution in [0.2, 0.25) is 0 Å². The minimum atomic E-state index is 0.128. The molecule has 1 fully saturated rings. The molecular formula is C14H21N3O2. The zero-order chi connectivity index (χ0) is 13.8. The van der Waals surface area contributed by atoms with Gasteiger partial charge in [0.2, 0.25) is 5.91 Å². The number of likely N-dealkylation sites (N-methyl/N-ethyl adjacent to an activating group) is 2. The summed E-state index contributed by atoms with van der Waals surface area (Å²) < 4.78 is 5.22. The monoisotopic (exact) mass is 263 g/mol. The summed E-state index contributed by atoms with van der Waals surface area (Å²) in [6, 6.07) is 7.97. The summed E-state index contributed by atoms with van der Waals surface area (Å²) in [4.78, 5) is 16.1. The number of anilines is 1. The predicted molar refractivity (Wildman–Crippen MR) is 75.7 cm³/mol. The third-order valence-electron chi connectivity index (χ3n) is 3.51. The number of hydrogen-bond acceptors (Lipinski definition) is 4. The number of amides is 1. The molecule has 5 heteroatoms. The van der Waals surface area contributed by atoms with Gasteiger partial charge in [0.1, 0.15) is 5.75 Å². The third-order valence-corrected chi connectivity index (χ3v) is 3.51.